The molecule has 0 amide bonds. The maximum absolute atomic E-state index is 4.08. The van der Waals surface area contributed by atoms with Crippen LogP contribution in [0.3, 0.4) is 0 Å². The third-order valence-corrected chi connectivity index (χ3v) is 3.01. The van der Waals surface area contributed by atoms with Gasteiger partial charge in [-0.15, -0.1) is 0 Å². The molecule has 3 fully saturated rings. The Balaban J connectivity index is 2.18. The summed E-state index contributed by atoms with van der Waals surface area (Å²) in [6.07, 6.45) is 2.66. The summed E-state index contributed by atoms with van der Waals surface area (Å²) < 4.78 is 0. The predicted molar refractivity (Wildman–Crippen MR) is 46.4 cm³/mol. The molecule has 0 aliphatic carbocycles. The van der Waals surface area contributed by atoms with E-state index in [0.29, 0.717) is 0 Å². The SMILES string of the molecule is C=C1CN2CCC(CC2)N1C. The van der Waals surface area contributed by atoms with Gasteiger partial charge in [-0.1, -0.05) is 6.58 Å². The molecule has 3 aliphatic rings. The Morgan fingerprint density at radius 2 is 2.00 bits per heavy atom. The standard InChI is InChI=1S/C9H16N2/c1-8-7-11-5-3-9(4-6-11)10(8)2/h9H,1,3-7H2,2H3. The Labute approximate surface area is 68.5 Å². The summed E-state index contributed by atoms with van der Waals surface area (Å²) in [6, 6.07) is 0.779. The van der Waals surface area contributed by atoms with Gasteiger partial charge in [0.2, 0.25) is 0 Å². The molecule has 0 saturated carbocycles. The van der Waals surface area contributed by atoms with E-state index < -0.39 is 0 Å². The lowest BCUT2D eigenvalue weighted by Gasteiger charge is -2.29. The molecule has 0 atom stereocenters. The van der Waals surface area contributed by atoms with Gasteiger partial charge in [-0.05, 0) is 12.8 Å². The topological polar surface area (TPSA) is 6.48 Å². The molecule has 3 saturated heterocycles. The normalized spacial score (nSPS) is 37.5. The summed E-state index contributed by atoms with van der Waals surface area (Å²) in [7, 11) is 2.18. The first-order valence-corrected chi connectivity index (χ1v) is 4.40. The molecule has 2 bridgehead atoms. The molecule has 3 heterocycles. The molecule has 11 heavy (non-hydrogen) atoms. The molecular weight excluding hydrogens is 136 g/mol. The first kappa shape index (κ1) is 7.17. The van der Waals surface area contributed by atoms with Crippen molar-refractivity contribution in [3.8, 4) is 0 Å². The van der Waals surface area contributed by atoms with E-state index in [-0.39, 0.29) is 0 Å². The fourth-order valence-corrected chi connectivity index (χ4v) is 2.09. The molecule has 2 nitrogen and oxygen atoms in total. The van der Waals surface area contributed by atoms with E-state index in [1.807, 2.05) is 0 Å². The van der Waals surface area contributed by atoms with Crippen LogP contribution in [0.2, 0.25) is 0 Å². The van der Waals surface area contributed by atoms with Crippen molar-refractivity contribution in [1.29, 1.82) is 0 Å². The number of hydrogen-bond acceptors (Lipinski definition) is 2. The zero-order valence-electron chi connectivity index (χ0n) is 7.21. The minimum atomic E-state index is 0.779. The van der Waals surface area contributed by atoms with Crippen LogP contribution in [0.25, 0.3) is 0 Å². The van der Waals surface area contributed by atoms with E-state index in [2.05, 4.69) is 23.4 Å². The van der Waals surface area contributed by atoms with Crippen molar-refractivity contribution in [3.63, 3.8) is 0 Å². The summed E-state index contributed by atoms with van der Waals surface area (Å²) >= 11 is 0. The van der Waals surface area contributed by atoms with Crippen LogP contribution in [-0.2, 0) is 0 Å². The molecule has 0 radical (unpaired) electrons. The minimum Gasteiger partial charge on any atom is -0.374 e. The summed E-state index contributed by atoms with van der Waals surface area (Å²) in [5.74, 6) is 0. The summed E-state index contributed by atoms with van der Waals surface area (Å²) in [5.41, 5.74) is 1.30. The fourth-order valence-electron chi connectivity index (χ4n) is 2.09. The number of likely N-dealkylation sites (N-methyl/N-ethyl adjacent to an activating group) is 1. The van der Waals surface area contributed by atoms with Crippen LogP contribution in [0.5, 0.6) is 0 Å². The van der Waals surface area contributed by atoms with Gasteiger partial charge < -0.3 is 4.90 Å². The van der Waals surface area contributed by atoms with E-state index in [9.17, 15) is 0 Å². The van der Waals surface area contributed by atoms with Crippen molar-refractivity contribution >= 4 is 0 Å². The molecule has 2 heteroatoms. The van der Waals surface area contributed by atoms with Crippen molar-refractivity contribution in [2.24, 2.45) is 0 Å². The highest BCUT2D eigenvalue weighted by Crippen LogP contribution is 2.23. The second kappa shape index (κ2) is 2.52. The maximum Gasteiger partial charge on any atom is 0.0377 e. The van der Waals surface area contributed by atoms with E-state index in [4.69, 9.17) is 0 Å². The highest BCUT2D eigenvalue weighted by molar-refractivity contribution is 5.03. The van der Waals surface area contributed by atoms with Crippen LogP contribution >= 0.6 is 0 Å². The Hall–Kier alpha value is -0.500. The lowest BCUT2D eigenvalue weighted by atomic mass is 10.1. The van der Waals surface area contributed by atoms with Gasteiger partial charge in [0.15, 0.2) is 0 Å². The van der Waals surface area contributed by atoms with E-state index in [0.717, 1.165) is 12.6 Å². The lowest BCUT2D eigenvalue weighted by Crippen LogP contribution is -2.35. The number of fused-ring (bicyclic) bond motifs is 4. The molecule has 0 aromatic rings. The lowest BCUT2D eigenvalue weighted by molar-refractivity contribution is 0.214. The third kappa shape index (κ3) is 1.16. The first-order chi connectivity index (χ1) is 5.27. The van der Waals surface area contributed by atoms with Crippen LogP contribution in [0.4, 0.5) is 0 Å². The molecular formula is C9H16N2. The monoisotopic (exact) mass is 152 g/mol. The number of piperidine rings is 1. The highest BCUT2D eigenvalue weighted by atomic mass is 15.3. The number of nitrogens with zero attached hydrogens (tertiary/aromatic N) is 2. The Morgan fingerprint density at radius 1 is 1.36 bits per heavy atom. The predicted octanol–water partition coefficient (Wildman–Crippen LogP) is 0.910. The van der Waals surface area contributed by atoms with Crippen molar-refractivity contribution in [2.45, 2.75) is 18.9 Å². The average Bonchev–Trinajstić information content (AvgIpc) is 2.22. The van der Waals surface area contributed by atoms with Crippen molar-refractivity contribution in [1.82, 2.24) is 9.80 Å². The van der Waals surface area contributed by atoms with Gasteiger partial charge >= 0.3 is 0 Å². The molecule has 3 aliphatic heterocycles. The van der Waals surface area contributed by atoms with E-state index in [1.54, 1.807) is 0 Å². The Bertz CT molecular complexity index is 168. The average molecular weight is 152 g/mol. The van der Waals surface area contributed by atoms with Gasteiger partial charge in [0, 0.05) is 38.4 Å². The van der Waals surface area contributed by atoms with Crippen LogP contribution in [0, 0.1) is 0 Å². The van der Waals surface area contributed by atoms with Crippen molar-refractivity contribution in [3.05, 3.63) is 12.3 Å². The number of hydrogen-bond donors (Lipinski definition) is 0. The minimum absolute atomic E-state index is 0.779. The maximum atomic E-state index is 4.08. The van der Waals surface area contributed by atoms with Gasteiger partial charge in [0.1, 0.15) is 0 Å². The molecule has 62 valence electrons. The van der Waals surface area contributed by atoms with Crippen molar-refractivity contribution in [2.75, 3.05) is 26.7 Å². The molecule has 0 spiro atoms. The second-order valence-electron chi connectivity index (χ2n) is 3.68. The Morgan fingerprint density at radius 3 is 2.64 bits per heavy atom. The zero-order chi connectivity index (χ0) is 7.84. The summed E-state index contributed by atoms with van der Waals surface area (Å²) in [6.45, 7) is 7.71. The molecule has 0 N–H and O–H groups in total. The van der Waals surface area contributed by atoms with Crippen LogP contribution in [0.1, 0.15) is 12.8 Å². The Kier molecular flexibility index (Phi) is 1.64. The summed E-state index contributed by atoms with van der Waals surface area (Å²) in [4.78, 5) is 4.87. The largest absolute Gasteiger partial charge is 0.374 e. The number of rotatable bonds is 0. The highest BCUT2D eigenvalue weighted by Gasteiger charge is 2.27. The molecule has 0 aromatic heterocycles. The molecule has 0 unspecified atom stereocenters. The van der Waals surface area contributed by atoms with E-state index >= 15 is 0 Å². The van der Waals surface area contributed by atoms with Gasteiger partial charge in [0.25, 0.3) is 0 Å². The van der Waals surface area contributed by atoms with Crippen LogP contribution in [0.15, 0.2) is 12.3 Å². The van der Waals surface area contributed by atoms with Crippen LogP contribution < -0.4 is 0 Å². The van der Waals surface area contributed by atoms with Crippen molar-refractivity contribution < 1.29 is 0 Å². The fraction of sp³-hybridized carbons (Fsp3) is 0.778. The summed E-state index contributed by atoms with van der Waals surface area (Å²) in [5, 5.41) is 0. The molecule has 0 aromatic carbocycles. The van der Waals surface area contributed by atoms with Gasteiger partial charge in [-0.25, -0.2) is 0 Å². The third-order valence-electron chi connectivity index (χ3n) is 3.01. The second-order valence-corrected chi connectivity index (χ2v) is 3.68. The van der Waals surface area contributed by atoms with Gasteiger partial charge in [-0.3, -0.25) is 4.90 Å². The van der Waals surface area contributed by atoms with Gasteiger partial charge in [-0.2, -0.15) is 0 Å². The first-order valence-electron chi connectivity index (χ1n) is 4.40. The quantitative estimate of drug-likeness (QED) is 0.509. The smallest absolute Gasteiger partial charge is 0.0377 e. The van der Waals surface area contributed by atoms with Crippen LogP contribution in [-0.4, -0.2) is 42.5 Å². The molecule has 3 rings (SSSR count). The zero-order valence-corrected chi connectivity index (χ0v) is 7.21. The van der Waals surface area contributed by atoms with Gasteiger partial charge in [0.05, 0.1) is 0 Å². The van der Waals surface area contributed by atoms with E-state index in [1.165, 1.54) is 31.6 Å².